The first-order valence-electron chi connectivity index (χ1n) is 11.0. The van der Waals surface area contributed by atoms with Crippen LogP contribution in [-0.4, -0.2) is 40.1 Å². The highest BCUT2D eigenvalue weighted by Gasteiger charge is 2.28. The molecule has 3 aromatic carbocycles. The summed E-state index contributed by atoms with van der Waals surface area (Å²) in [5.41, 5.74) is 1.30. The van der Waals surface area contributed by atoms with Crippen LogP contribution in [0.1, 0.15) is 28.8 Å². The number of amides is 1. The first-order valence-corrected chi connectivity index (χ1v) is 14.7. The van der Waals surface area contributed by atoms with Crippen molar-refractivity contribution in [2.45, 2.75) is 29.6 Å². The van der Waals surface area contributed by atoms with E-state index in [0.29, 0.717) is 24.3 Å². The fourth-order valence-corrected chi connectivity index (χ4v) is 6.81. The van der Waals surface area contributed by atoms with Crippen molar-refractivity contribution >= 4 is 60.5 Å². The van der Waals surface area contributed by atoms with Crippen LogP contribution in [0.3, 0.4) is 0 Å². The van der Waals surface area contributed by atoms with E-state index in [1.54, 1.807) is 25.1 Å². The normalized spacial score (nSPS) is 14.5. The number of benzene rings is 3. The highest BCUT2D eigenvalue weighted by Crippen LogP contribution is 2.31. The monoisotopic (exact) mass is 567 g/mol. The molecule has 1 saturated heterocycles. The van der Waals surface area contributed by atoms with E-state index < -0.39 is 26.0 Å². The van der Waals surface area contributed by atoms with E-state index in [1.807, 2.05) is 0 Å². The molecule has 1 fully saturated rings. The van der Waals surface area contributed by atoms with Gasteiger partial charge in [0.05, 0.1) is 25.5 Å². The van der Waals surface area contributed by atoms with E-state index in [-0.39, 0.29) is 31.1 Å². The Kier molecular flexibility index (Phi) is 7.63. The van der Waals surface area contributed by atoms with Crippen molar-refractivity contribution in [2.75, 3.05) is 23.1 Å². The lowest BCUT2D eigenvalue weighted by atomic mass is 10.1. The molecule has 0 radical (unpaired) electrons. The molecule has 1 heterocycles. The number of nitrogens with zero attached hydrogens (tertiary/aromatic N) is 1. The molecule has 0 atom stereocenters. The van der Waals surface area contributed by atoms with E-state index in [2.05, 4.69) is 10.0 Å². The molecule has 0 saturated carbocycles. The zero-order valence-electron chi connectivity index (χ0n) is 19.2. The molecule has 0 spiro atoms. The molecule has 1 aliphatic heterocycles. The van der Waals surface area contributed by atoms with E-state index in [1.165, 1.54) is 46.8 Å². The Hall–Kier alpha value is -2.63. The number of nitrogens with one attached hydrogen (secondary N) is 2. The second kappa shape index (κ2) is 10.4. The summed E-state index contributed by atoms with van der Waals surface area (Å²) < 4.78 is 55.1. The van der Waals surface area contributed by atoms with Gasteiger partial charge < -0.3 is 5.32 Å². The molecule has 0 bridgehead atoms. The molecule has 0 aromatic heterocycles. The first-order chi connectivity index (χ1) is 17.0. The van der Waals surface area contributed by atoms with E-state index in [9.17, 15) is 21.6 Å². The number of sulfonamides is 2. The van der Waals surface area contributed by atoms with Gasteiger partial charge in [-0.2, -0.15) is 4.31 Å². The third kappa shape index (κ3) is 5.52. The molecule has 0 aliphatic carbocycles. The van der Waals surface area contributed by atoms with Crippen molar-refractivity contribution < 1.29 is 21.6 Å². The van der Waals surface area contributed by atoms with E-state index in [4.69, 9.17) is 23.2 Å². The zero-order chi connectivity index (χ0) is 26.1. The fraction of sp³-hybridized carbons (Fsp3) is 0.208. The van der Waals surface area contributed by atoms with Crippen LogP contribution in [0.2, 0.25) is 10.0 Å². The molecule has 12 heteroatoms. The number of carbonyl (C=O) groups is 1. The van der Waals surface area contributed by atoms with Crippen LogP contribution in [0.15, 0.2) is 70.5 Å². The van der Waals surface area contributed by atoms with Crippen LogP contribution < -0.4 is 10.0 Å². The van der Waals surface area contributed by atoms with Gasteiger partial charge in [-0.15, -0.1) is 0 Å². The molecule has 8 nitrogen and oxygen atoms in total. The predicted molar refractivity (Wildman–Crippen MR) is 141 cm³/mol. The predicted octanol–water partition coefficient (Wildman–Crippen LogP) is 5.14. The van der Waals surface area contributed by atoms with Gasteiger partial charge in [0.25, 0.3) is 15.9 Å². The zero-order valence-corrected chi connectivity index (χ0v) is 22.3. The molecule has 3 aromatic rings. The Morgan fingerprint density at radius 3 is 2.19 bits per heavy atom. The van der Waals surface area contributed by atoms with Gasteiger partial charge in [-0.3, -0.25) is 9.52 Å². The van der Waals surface area contributed by atoms with Gasteiger partial charge in [0.15, 0.2) is 0 Å². The van der Waals surface area contributed by atoms with Crippen LogP contribution in [0, 0.1) is 6.92 Å². The summed E-state index contributed by atoms with van der Waals surface area (Å²) in [5, 5.41) is 2.98. The van der Waals surface area contributed by atoms with Crippen LogP contribution in [0.4, 0.5) is 11.4 Å². The van der Waals surface area contributed by atoms with Crippen molar-refractivity contribution in [3.05, 3.63) is 81.8 Å². The summed E-state index contributed by atoms with van der Waals surface area (Å²) >= 11 is 12.0. The van der Waals surface area contributed by atoms with Crippen LogP contribution >= 0.6 is 23.2 Å². The van der Waals surface area contributed by atoms with Crippen molar-refractivity contribution in [3.8, 4) is 0 Å². The summed E-state index contributed by atoms with van der Waals surface area (Å²) in [6.45, 7) is 2.64. The topological polar surface area (TPSA) is 113 Å². The molecule has 190 valence electrons. The molecule has 1 amide bonds. The van der Waals surface area contributed by atoms with E-state index in [0.717, 1.165) is 12.8 Å². The number of halogens is 2. The third-order valence-electron chi connectivity index (χ3n) is 5.77. The summed E-state index contributed by atoms with van der Waals surface area (Å²) in [4.78, 5) is 13.0. The third-order valence-corrected chi connectivity index (χ3v) is 9.87. The summed E-state index contributed by atoms with van der Waals surface area (Å²) in [6.07, 6.45) is 1.62. The number of anilines is 2. The number of aryl methyl sites for hydroxylation is 1. The molecule has 4 rings (SSSR count). The van der Waals surface area contributed by atoms with Gasteiger partial charge in [-0.05, 0) is 73.9 Å². The van der Waals surface area contributed by atoms with Gasteiger partial charge in [-0.1, -0.05) is 35.3 Å². The molecule has 2 N–H and O–H groups in total. The SMILES string of the molecule is Cc1ccc(S(=O)(=O)N2CCCC2)cc1C(=O)Nc1ccc(S(=O)(=O)Nc2cccc(Cl)c2Cl)cc1. The number of hydrogen-bond acceptors (Lipinski definition) is 5. The van der Waals surface area contributed by atoms with Crippen molar-refractivity contribution in [3.63, 3.8) is 0 Å². The quantitative estimate of drug-likeness (QED) is 0.410. The fourth-order valence-electron chi connectivity index (χ4n) is 3.79. The van der Waals surface area contributed by atoms with Gasteiger partial charge in [0.2, 0.25) is 10.0 Å². The Morgan fingerprint density at radius 2 is 1.53 bits per heavy atom. The van der Waals surface area contributed by atoms with Crippen LogP contribution in [-0.2, 0) is 20.0 Å². The summed E-state index contributed by atoms with van der Waals surface area (Å²) in [5.74, 6) is -0.509. The Morgan fingerprint density at radius 1 is 0.889 bits per heavy atom. The van der Waals surface area contributed by atoms with Gasteiger partial charge in [0.1, 0.15) is 0 Å². The van der Waals surface area contributed by atoms with Crippen LogP contribution in [0.25, 0.3) is 0 Å². The Balaban J connectivity index is 1.51. The van der Waals surface area contributed by atoms with Gasteiger partial charge in [0, 0.05) is 24.3 Å². The first kappa shape index (κ1) is 26.4. The highest BCUT2D eigenvalue weighted by atomic mass is 35.5. The maximum absolute atomic E-state index is 13.0. The Bertz CT molecular complexity index is 1520. The molecular weight excluding hydrogens is 545 g/mol. The molecule has 1 aliphatic rings. The second-order valence-electron chi connectivity index (χ2n) is 8.27. The average molecular weight is 569 g/mol. The van der Waals surface area contributed by atoms with Crippen LogP contribution in [0.5, 0.6) is 0 Å². The summed E-state index contributed by atoms with van der Waals surface area (Å²) in [7, 11) is -7.64. The lowest BCUT2D eigenvalue weighted by molar-refractivity contribution is 0.102. The van der Waals surface area contributed by atoms with Gasteiger partial charge >= 0.3 is 0 Å². The minimum Gasteiger partial charge on any atom is -0.322 e. The number of rotatable bonds is 7. The molecule has 0 unspecified atom stereocenters. The largest absolute Gasteiger partial charge is 0.322 e. The second-order valence-corrected chi connectivity index (χ2v) is 12.7. The van der Waals surface area contributed by atoms with Crippen molar-refractivity contribution in [2.24, 2.45) is 0 Å². The van der Waals surface area contributed by atoms with E-state index >= 15 is 0 Å². The van der Waals surface area contributed by atoms with Crippen molar-refractivity contribution in [1.82, 2.24) is 4.31 Å². The number of hydrogen-bond donors (Lipinski definition) is 2. The molecular formula is C24H23Cl2N3O5S2. The standard InChI is InChI=1S/C24H23Cl2N3O5S2/c1-16-7-10-19(36(33,34)29-13-2-3-14-29)15-20(16)24(30)27-17-8-11-18(12-9-17)35(31,32)28-22-6-4-5-21(25)23(22)26/h4-12,15,28H,2-3,13-14H2,1H3,(H,27,30). The Labute approximate surface area is 220 Å². The maximum Gasteiger partial charge on any atom is 0.261 e. The maximum atomic E-state index is 13.0. The number of carbonyl (C=O) groups excluding carboxylic acids is 1. The minimum atomic E-state index is -3.96. The minimum absolute atomic E-state index is 0.0496. The lowest BCUT2D eigenvalue weighted by Crippen LogP contribution is -2.28. The average Bonchev–Trinajstić information content (AvgIpc) is 3.38. The van der Waals surface area contributed by atoms with Gasteiger partial charge in [-0.25, -0.2) is 16.8 Å². The smallest absolute Gasteiger partial charge is 0.261 e. The lowest BCUT2D eigenvalue weighted by Gasteiger charge is -2.17. The highest BCUT2D eigenvalue weighted by molar-refractivity contribution is 7.92. The van der Waals surface area contributed by atoms with Crippen molar-refractivity contribution in [1.29, 1.82) is 0 Å². The summed E-state index contributed by atoms with van der Waals surface area (Å²) in [6, 6.07) is 14.6. The molecule has 36 heavy (non-hydrogen) atoms.